The third kappa shape index (κ3) is 5.06. The van der Waals surface area contributed by atoms with Crippen molar-refractivity contribution in [1.29, 1.82) is 0 Å². The Morgan fingerprint density at radius 1 is 1.03 bits per heavy atom. The maximum atomic E-state index is 11.4. The molecule has 4 N–H and O–H groups in total. The van der Waals surface area contributed by atoms with Crippen molar-refractivity contribution in [2.45, 2.75) is 43.4 Å². The number of ether oxygens (including phenoxy) is 1. The van der Waals surface area contributed by atoms with Crippen molar-refractivity contribution >= 4 is 37.1 Å². The van der Waals surface area contributed by atoms with Crippen molar-refractivity contribution in [2.75, 3.05) is 6.61 Å². The highest BCUT2D eigenvalue weighted by molar-refractivity contribution is 7.46. The average Bonchev–Trinajstić information content (AvgIpc) is 2.70. The van der Waals surface area contributed by atoms with Crippen LogP contribution in [0.5, 0.6) is 5.75 Å². The number of carboxylic acids is 2. The van der Waals surface area contributed by atoms with Gasteiger partial charge in [-0.25, -0.2) is 14.2 Å². The molecule has 0 aromatic heterocycles. The maximum absolute atomic E-state index is 11.4. The normalized spacial score (nSPS) is 26.2. The highest BCUT2D eigenvalue weighted by atomic mass is 35.5. The minimum Gasteiger partial charge on any atom is -0.493 e. The first kappa shape index (κ1) is 24.1. The largest absolute Gasteiger partial charge is 0.524 e. The first-order valence-corrected chi connectivity index (χ1v) is 12.7. The minimum atomic E-state index is -4.76. The third-order valence-corrected chi connectivity index (χ3v) is 7.93. The van der Waals surface area contributed by atoms with Gasteiger partial charge in [-0.3, -0.25) is 9.79 Å². The predicted octanol–water partition coefficient (Wildman–Crippen LogP) is 3.88. The van der Waals surface area contributed by atoms with E-state index in [1.165, 1.54) is 18.6 Å². The Hall–Kier alpha value is -2.06. The lowest BCUT2D eigenvalue weighted by Gasteiger charge is -2.51. The van der Waals surface area contributed by atoms with Crippen LogP contribution in [0.25, 0.3) is 5.76 Å². The van der Waals surface area contributed by atoms with E-state index in [0.717, 1.165) is 31.3 Å². The molecular weight excluding hydrogens is 475 g/mol. The van der Waals surface area contributed by atoms with Crippen LogP contribution in [0.1, 0.15) is 44.1 Å². The van der Waals surface area contributed by atoms with E-state index in [4.69, 9.17) is 30.6 Å². The monoisotopic (exact) mass is 500 g/mol. The summed E-state index contributed by atoms with van der Waals surface area (Å²) < 4.78 is 22.1. The van der Waals surface area contributed by atoms with Gasteiger partial charge in [-0.15, -0.1) is 0 Å². The highest BCUT2D eigenvalue weighted by Gasteiger charge is 2.48. The number of hydrogen-bond donors (Lipinski definition) is 4. The molecule has 5 rings (SSSR count). The van der Waals surface area contributed by atoms with Crippen molar-refractivity contribution in [3.05, 3.63) is 35.4 Å². The molecular formula is C22H26ClO9P. The minimum absolute atomic E-state index is 0.0332. The lowest BCUT2D eigenvalue weighted by Crippen LogP contribution is -2.42. The van der Waals surface area contributed by atoms with E-state index in [9.17, 15) is 24.4 Å². The van der Waals surface area contributed by atoms with E-state index in [-0.39, 0.29) is 12.4 Å². The van der Waals surface area contributed by atoms with Crippen molar-refractivity contribution in [3.8, 4) is 5.75 Å². The van der Waals surface area contributed by atoms with Gasteiger partial charge in [-0.1, -0.05) is 23.7 Å². The second kappa shape index (κ2) is 8.95. The number of phosphoric ester groups is 1. The molecule has 0 aliphatic heterocycles. The number of benzene rings is 1. The van der Waals surface area contributed by atoms with E-state index in [1.54, 1.807) is 12.1 Å². The SMILES string of the molecule is O=C(O)C(Cl)(CCOC(=C1C2CC3CC(C2)CC1C3)c1cccc(OP(=O)(O)O)c1)C(=O)O. The Bertz CT molecular complexity index is 986. The fourth-order valence-electron chi connectivity index (χ4n) is 5.83. The molecule has 4 fully saturated rings. The van der Waals surface area contributed by atoms with Gasteiger partial charge in [-0.2, -0.15) is 0 Å². The molecule has 0 unspecified atom stereocenters. The lowest BCUT2D eigenvalue weighted by atomic mass is 9.54. The van der Waals surface area contributed by atoms with Crippen molar-refractivity contribution in [3.63, 3.8) is 0 Å². The second-order valence-corrected chi connectivity index (χ2v) is 11.0. The van der Waals surface area contributed by atoms with Gasteiger partial charge in [0, 0.05) is 12.0 Å². The quantitative estimate of drug-likeness (QED) is 0.171. The van der Waals surface area contributed by atoms with Crippen LogP contribution in [0.4, 0.5) is 0 Å². The van der Waals surface area contributed by atoms with Gasteiger partial charge in [0.1, 0.15) is 11.5 Å². The van der Waals surface area contributed by atoms with Crippen molar-refractivity contribution < 1.29 is 43.4 Å². The topological polar surface area (TPSA) is 151 Å². The van der Waals surface area contributed by atoms with Gasteiger partial charge < -0.3 is 19.5 Å². The molecule has 4 aliphatic rings. The first-order valence-electron chi connectivity index (χ1n) is 10.8. The molecule has 180 valence electrons. The van der Waals surface area contributed by atoms with Crippen LogP contribution in [0.2, 0.25) is 0 Å². The molecule has 4 aliphatic carbocycles. The van der Waals surface area contributed by atoms with Gasteiger partial charge in [0.25, 0.3) is 0 Å². The number of carboxylic acid groups (broad SMARTS) is 2. The van der Waals surface area contributed by atoms with Gasteiger partial charge in [0.15, 0.2) is 0 Å². The summed E-state index contributed by atoms with van der Waals surface area (Å²) >= 11 is 5.84. The lowest BCUT2D eigenvalue weighted by molar-refractivity contribution is -0.152. The van der Waals surface area contributed by atoms with Crippen LogP contribution in [0.3, 0.4) is 0 Å². The van der Waals surface area contributed by atoms with Crippen LogP contribution in [0, 0.1) is 23.7 Å². The summed E-state index contributed by atoms with van der Waals surface area (Å²) in [6, 6.07) is 6.19. The number of phosphoric acid groups is 1. The number of halogens is 1. The predicted molar refractivity (Wildman–Crippen MR) is 118 cm³/mol. The molecule has 0 amide bonds. The number of rotatable bonds is 9. The Morgan fingerprint density at radius 3 is 2.12 bits per heavy atom. The number of aliphatic carboxylic acids is 2. The maximum Gasteiger partial charge on any atom is 0.524 e. The summed E-state index contributed by atoms with van der Waals surface area (Å²) in [6.45, 7) is -0.253. The molecule has 0 radical (unpaired) electrons. The molecule has 4 saturated carbocycles. The van der Waals surface area contributed by atoms with Crippen LogP contribution in [-0.4, -0.2) is 43.4 Å². The number of allylic oxidation sites excluding steroid dienone is 1. The number of carbonyl (C=O) groups is 2. The van der Waals surface area contributed by atoms with E-state index >= 15 is 0 Å². The zero-order valence-corrected chi connectivity index (χ0v) is 19.4. The number of alkyl halides is 1. The van der Waals surface area contributed by atoms with Gasteiger partial charge >= 0.3 is 19.8 Å². The molecule has 11 heteroatoms. The highest BCUT2D eigenvalue weighted by Crippen LogP contribution is 2.58. The van der Waals surface area contributed by atoms with Crippen molar-refractivity contribution in [1.82, 2.24) is 0 Å². The van der Waals surface area contributed by atoms with Crippen LogP contribution < -0.4 is 4.52 Å². The first-order chi connectivity index (χ1) is 15.5. The van der Waals surface area contributed by atoms with E-state index in [0.29, 0.717) is 35.0 Å². The van der Waals surface area contributed by atoms with Crippen LogP contribution in [-0.2, 0) is 18.9 Å². The fraction of sp³-hybridized carbons (Fsp3) is 0.545. The summed E-state index contributed by atoms with van der Waals surface area (Å²) in [5.74, 6) is -0.900. The van der Waals surface area contributed by atoms with E-state index in [2.05, 4.69) is 0 Å². The summed E-state index contributed by atoms with van der Waals surface area (Å²) in [7, 11) is -4.76. The van der Waals surface area contributed by atoms with Gasteiger partial charge in [-0.05, 0) is 73.5 Å². The molecule has 1 aromatic rings. The number of hydrogen-bond acceptors (Lipinski definition) is 5. The zero-order valence-electron chi connectivity index (χ0n) is 17.7. The molecule has 0 heterocycles. The fourth-order valence-corrected chi connectivity index (χ4v) is 6.29. The summed E-state index contributed by atoms with van der Waals surface area (Å²) in [5.41, 5.74) is 1.65. The van der Waals surface area contributed by atoms with Crippen LogP contribution in [0.15, 0.2) is 29.8 Å². The molecule has 0 spiro atoms. The Labute approximate surface area is 195 Å². The molecule has 1 aromatic carbocycles. The van der Waals surface area contributed by atoms with E-state index < -0.39 is 31.1 Å². The van der Waals surface area contributed by atoms with Crippen molar-refractivity contribution in [2.24, 2.45) is 23.7 Å². The van der Waals surface area contributed by atoms with Crippen LogP contribution >= 0.6 is 19.4 Å². The third-order valence-electron chi connectivity index (χ3n) is 6.97. The second-order valence-electron chi connectivity index (χ2n) is 9.21. The zero-order chi connectivity index (χ0) is 24.0. The molecule has 33 heavy (non-hydrogen) atoms. The smallest absolute Gasteiger partial charge is 0.493 e. The average molecular weight is 501 g/mol. The molecule has 9 nitrogen and oxygen atoms in total. The van der Waals surface area contributed by atoms with E-state index in [1.807, 2.05) is 0 Å². The molecule has 0 saturated heterocycles. The van der Waals surface area contributed by atoms with Gasteiger partial charge in [0.05, 0.1) is 6.61 Å². The Balaban J connectivity index is 1.67. The summed E-state index contributed by atoms with van der Waals surface area (Å²) in [6.07, 6.45) is 4.94. The molecule has 4 bridgehead atoms. The molecule has 0 atom stereocenters. The Morgan fingerprint density at radius 2 is 1.61 bits per heavy atom. The standard InChI is InChI=1S/C22H26ClO9P/c23-22(20(24)25,21(26)27)4-5-31-19(14-2-1-3-17(11-14)32-33(28,29)30)18-15-7-12-6-13(9-15)10-16(18)8-12/h1-3,11-13,15-16H,4-10H2,(H,24,25)(H,26,27)(H2,28,29,30). The van der Waals surface area contributed by atoms with Gasteiger partial charge in [0.2, 0.25) is 4.87 Å². The summed E-state index contributed by atoms with van der Waals surface area (Å²) in [4.78, 5) is 38.7. The Kier molecular flexibility index (Phi) is 6.53. The summed E-state index contributed by atoms with van der Waals surface area (Å²) in [5, 5.41) is 18.5.